The molecule has 1 aliphatic rings. The first kappa shape index (κ1) is 33.5. The van der Waals surface area contributed by atoms with Gasteiger partial charge in [0.25, 0.3) is 17.4 Å². The number of alkyl halides is 5. The van der Waals surface area contributed by atoms with E-state index in [0.717, 1.165) is 15.3 Å². The lowest BCUT2D eigenvalue weighted by molar-refractivity contribution is -0.159. The van der Waals surface area contributed by atoms with E-state index in [4.69, 9.17) is 0 Å². The number of piperidine rings is 1. The van der Waals surface area contributed by atoms with E-state index in [1.807, 2.05) is 0 Å². The van der Waals surface area contributed by atoms with Crippen LogP contribution in [0.4, 0.5) is 32.0 Å². The first-order chi connectivity index (χ1) is 21.2. The number of rotatable bonds is 13. The lowest BCUT2D eigenvalue weighted by atomic mass is 10.1. The zero-order chi connectivity index (χ0) is 32.8. The van der Waals surface area contributed by atoms with Crippen molar-refractivity contribution in [2.24, 2.45) is 0 Å². The molecule has 1 atom stereocenters. The molecular weight excluding hydrogens is 612 g/mol. The van der Waals surface area contributed by atoms with Crippen molar-refractivity contribution in [3.63, 3.8) is 0 Å². The summed E-state index contributed by atoms with van der Waals surface area (Å²) in [5.74, 6) is -5.67. The van der Waals surface area contributed by atoms with Crippen LogP contribution >= 0.6 is 0 Å². The smallest absolute Gasteiger partial charge is 0.394 e. The summed E-state index contributed by atoms with van der Waals surface area (Å²) >= 11 is 0. The van der Waals surface area contributed by atoms with Gasteiger partial charge >= 0.3 is 6.11 Å². The van der Waals surface area contributed by atoms with Crippen molar-refractivity contribution in [2.75, 3.05) is 25.0 Å². The number of carbonyl (C=O) groups is 2. The number of halogens is 6. The highest BCUT2D eigenvalue weighted by molar-refractivity contribution is 5.92. The second-order valence-electron chi connectivity index (χ2n) is 10.7. The summed E-state index contributed by atoms with van der Waals surface area (Å²) in [4.78, 5) is 38.3. The maximum Gasteiger partial charge on any atom is 0.394 e. The molecule has 1 saturated heterocycles. The number of ether oxygens (including phenoxy) is 1. The molecule has 0 saturated carbocycles. The van der Waals surface area contributed by atoms with Crippen LogP contribution < -0.4 is 20.9 Å². The number of likely N-dealkylation sites (tertiary alicyclic amines) is 1. The van der Waals surface area contributed by atoms with E-state index in [0.29, 0.717) is 19.0 Å². The number of nitrogens with one attached hydrogen (secondary N) is 2. The van der Waals surface area contributed by atoms with Gasteiger partial charge in [-0.25, -0.2) is 17.9 Å². The van der Waals surface area contributed by atoms with E-state index in [1.54, 1.807) is 6.07 Å². The predicted molar refractivity (Wildman–Crippen MR) is 148 cm³/mol. The molecular formula is C28H31F6N7O4. The van der Waals surface area contributed by atoms with Gasteiger partial charge in [0.2, 0.25) is 11.7 Å². The third-order valence-corrected chi connectivity index (χ3v) is 6.71. The molecule has 45 heavy (non-hydrogen) atoms. The standard InChI is InChI=1S/C28H31F6N7O4/c1-27(31,32)45-20-5-2-4-18(12-20)13-35-25(43)22-15-41(38-37-22)14-19(29)6-10-40-11-7-21(24(30)26(40)44)36-23(42)16-39-9-3-8-28(33,34)17-39/h2,4-5,7,11-12,15,19H,3,6,8-10,13-14,16-17H2,1H3,(H,35,43)(H,36,42). The highest BCUT2D eigenvalue weighted by Crippen LogP contribution is 2.26. The Morgan fingerprint density at radius 3 is 2.73 bits per heavy atom. The molecule has 2 N–H and O–H groups in total. The van der Waals surface area contributed by atoms with Gasteiger partial charge in [-0.3, -0.25) is 19.3 Å². The van der Waals surface area contributed by atoms with Gasteiger partial charge in [0.15, 0.2) is 5.69 Å². The van der Waals surface area contributed by atoms with E-state index in [9.17, 15) is 40.7 Å². The zero-order valence-electron chi connectivity index (χ0n) is 24.1. The molecule has 0 aliphatic carbocycles. The van der Waals surface area contributed by atoms with Gasteiger partial charge in [-0.1, -0.05) is 17.3 Å². The average molecular weight is 644 g/mol. The van der Waals surface area contributed by atoms with Gasteiger partial charge in [-0.15, -0.1) is 5.10 Å². The molecule has 3 heterocycles. The van der Waals surface area contributed by atoms with E-state index in [1.165, 1.54) is 35.5 Å². The fourth-order valence-electron chi connectivity index (χ4n) is 4.66. The quantitative estimate of drug-likeness (QED) is 0.273. The molecule has 0 radical (unpaired) electrons. The van der Waals surface area contributed by atoms with Crippen LogP contribution in [-0.2, 0) is 24.4 Å². The number of pyridine rings is 1. The average Bonchev–Trinajstić information content (AvgIpc) is 3.41. The minimum atomic E-state index is -3.37. The number of hydrogen-bond donors (Lipinski definition) is 2. The second kappa shape index (κ2) is 14.1. The minimum Gasteiger partial charge on any atom is -0.433 e. The third kappa shape index (κ3) is 10.1. The van der Waals surface area contributed by atoms with E-state index < -0.39 is 53.6 Å². The molecule has 1 aromatic carbocycles. The Balaban J connectivity index is 1.24. The number of aromatic nitrogens is 4. The lowest BCUT2D eigenvalue weighted by Crippen LogP contribution is -2.45. The van der Waals surface area contributed by atoms with Gasteiger partial charge in [0.1, 0.15) is 11.9 Å². The number of anilines is 1. The molecule has 244 valence electrons. The molecule has 1 aliphatic heterocycles. The second-order valence-corrected chi connectivity index (χ2v) is 10.7. The molecule has 4 rings (SSSR count). The fourth-order valence-corrected chi connectivity index (χ4v) is 4.66. The number of aryl methyl sites for hydroxylation is 1. The summed E-state index contributed by atoms with van der Waals surface area (Å²) < 4.78 is 89.1. The Morgan fingerprint density at radius 2 is 2.00 bits per heavy atom. The Labute approximate surface area is 253 Å². The van der Waals surface area contributed by atoms with Gasteiger partial charge in [-0.2, -0.15) is 13.2 Å². The fraction of sp³-hybridized carbons (Fsp3) is 0.464. The SMILES string of the molecule is CC(F)(F)Oc1cccc(CNC(=O)c2cn(CC(F)CCn3ccc(NC(=O)CN4CCCC(F)(F)C4)c(F)c3=O)nn2)c1. The van der Waals surface area contributed by atoms with Crippen LogP contribution in [0.25, 0.3) is 0 Å². The summed E-state index contributed by atoms with van der Waals surface area (Å²) in [6.07, 6.45) is -2.84. The molecule has 1 fully saturated rings. The topological polar surface area (TPSA) is 123 Å². The molecule has 17 heteroatoms. The largest absolute Gasteiger partial charge is 0.433 e. The van der Waals surface area contributed by atoms with Crippen LogP contribution in [0.2, 0.25) is 0 Å². The normalized spacial score (nSPS) is 15.8. The molecule has 2 amide bonds. The Kier molecular flexibility index (Phi) is 10.5. The maximum atomic E-state index is 14.7. The third-order valence-electron chi connectivity index (χ3n) is 6.71. The molecule has 3 aromatic rings. The summed E-state index contributed by atoms with van der Waals surface area (Å²) in [6, 6.07) is 6.88. The minimum absolute atomic E-state index is 0.0327. The van der Waals surface area contributed by atoms with Crippen molar-refractivity contribution < 1.29 is 40.7 Å². The lowest BCUT2D eigenvalue weighted by Gasteiger charge is -2.31. The van der Waals surface area contributed by atoms with Crippen molar-refractivity contribution in [3.05, 3.63) is 70.2 Å². The summed E-state index contributed by atoms with van der Waals surface area (Å²) in [5, 5.41) is 12.2. The summed E-state index contributed by atoms with van der Waals surface area (Å²) in [7, 11) is 0. The number of carbonyl (C=O) groups excluding carboxylic acids is 2. The van der Waals surface area contributed by atoms with Crippen LogP contribution in [0.3, 0.4) is 0 Å². The van der Waals surface area contributed by atoms with E-state index in [-0.39, 0.29) is 56.9 Å². The van der Waals surface area contributed by atoms with Gasteiger partial charge in [0, 0.05) is 32.6 Å². The molecule has 2 aromatic heterocycles. The Morgan fingerprint density at radius 1 is 1.22 bits per heavy atom. The zero-order valence-corrected chi connectivity index (χ0v) is 24.1. The summed E-state index contributed by atoms with van der Waals surface area (Å²) in [5.41, 5.74) is -1.17. The van der Waals surface area contributed by atoms with E-state index >= 15 is 0 Å². The molecule has 1 unspecified atom stereocenters. The maximum absolute atomic E-state index is 14.7. The van der Waals surface area contributed by atoms with Crippen LogP contribution in [0, 0.1) is 5.82 Å². The van der Waals surface area contributed by atoms with Gasteiger partial charge < -0.3 is 19.9 Å². The summed E-state index contributed by atoms with van der Waals surface area (Å²) in [6.45, 7) is -0.668. The molecule has 0 spiro atoms. The monoisotopic (exact) mass is 643 g/mol. The van der Waals surface area contributed by atoms with Crippen molar-refractivity contribution in [3.8, 4) is 5.75 Å². The highest BCUT2D eigenvalue weighted by Gasteiger charge is 2.35. The first-order valence-electron chi connectivity index (χ1n) is 13.9. The van der Waals surface area contributed by atoms with Gasteiger partial charge in [0.05, 0.1) is 31.5 Å². The molecule has 0 bridgehead atoms. The Hall–Kier alpha value is -4.41. The Bertz CT molecular complexity index is 1560. The molecule has 11 nitrogen and oxygen atoms in total. The van der Waals surface area contributed by atoms with Crippen molar-refractivity contribution >= 4 is 17.5 Å². The van der Waals surface area contributed by atoms with Crippen LogP contribution in [0.5, 0.6) is 5.75 Å². The number of hydrogen-bond acceptors (Lipinski definition) is 7. The van der Waals surface area contributed by atoms with Gasteiger partial charge in [-0.05, 0) is 43.1 Å². The van der Waals surface area contributed by atoms with E-state index in [2.05, 4.69) is 25.7 Å². The highest BCUT2D eigenvalue weighted by atomic mass is 19.3. The van der Waals surface area contributed by atoms with Crippen molar-refractivity contribution in [2.45, 2.75) is 64.0 Å². The van der Waals surface area contributed by atoms with Crippen LogP contribution in [-0.4, -0.2) is 74.1 Å². The predicted octanol–water partition coefficient (Wildman–Crippen LogP) is 3.60. The number of nitrogens with zero attached hydrogens (tertiary/aromatic N) is 5. The van der Waals surface area contributed by atoms with Crippen molar-refractivity contribution in [1.29, 1.82) is 0 Å². The van der Waals surface area contributed by atoms with Crippen molar-refractivity contribution in [1.82, 2.24) is 29.8 Å². The number of amides is 2. The van der Waals surface area contributed by atoms with Crippen LogP contribution in [0.1, 0.15) is 42.2 Å². The first-order valence-corrected chi connectivity index (χ1v) is 13.9. The van der Waals surface area contributed by atoms with Crippen LogP contribution in [0.15, 0.2) is 47.5 Å². The number of benzene rings is 1.